The first-order valence-electron chi connectivity index (χ1n) is 6.10. The van der Waals surface area contributed by atoms with Gasteiger partial charge in [0.15, 0.2) is 0 Å². The van der Waals surface area contributed by atoms with Gasteiger partial charge < -0.3 is 19.8 Å². The Kier molecular flexibility index (Phi) is 6.13. The average molecular weight is 277 g/mol. The molecule has 0 radical (unpaired) electrons. The van der Waals surface area contributed by atoms with Crippen LogP contribution in [-0.2, 0) is 14.3 Å². The normalized spacial score (nSPS) is 21.1. The van der Waals surface area contributed by atoms with Crippen molar-refractivity contribution in [1.82, 2.24) is 5.01 Å². The molecule has 0 aromatic carbocycles. The first-order valence-corrected chi connectivity index (χ1v) is 6.10. The van der Waals surface area contributed by atoms with Crippen molar-refractivity contribution in [2.75, 3.05) is 26.3 Å². The van der Waals surface area contributed by atoms with Crippen LogP contribution in [0.5, 0.6) is 0 Å². The van der Waals surface area contributed by atoms with Crippen LogP contribution >= 0.6 is 0 Å². The Hall–Kier alpha value is -1.77. The summed E-state index contributed by atoms with van der Waals surface area (Å²) in [6, 6.07) is 0. The van der Waals surface area contributed by atoms with Crippen molar-refractivity contribution < 1.29 is 29.2 Å². The lowest BCUT2D eigenvalue weighted by atomic mass is 10.1. The van der Waals surface area contributed by atoms with Crippen molar-refractivity contribution in [3.05, 3.63) is 5.21 Å². The topological polar surface area (TPSA) is 107 Å². The average Bonchev–Trinajstić information content (AvgIpc) is 2.85. The highest BCUT2D eigenvalue weighted by molar-refractivity contribution is 5.59. The zero-order valence-corrected chi connectivity index (χ0v) is 11.0. The number of ether oxygens (including phenoxy) is 2. The molecule has 0 spiro atoms. The maximum Gasteiger partial charge on any atom is 0.511 e. The van der Waals surface area contributed by atoms with Gasteiger partial charge in [-0.05, 0) is 13.3 Å². The highest BCUT2D eigenvalue weighted by Gasteiger charge is 2.27. The molecule has 0 aliphatic carbocycles. The Morgan fingerprint density at radius 1 is 1.68 bits per heavy atom. The predicted molar refractivity (Wildman–Crippen MR) is 61.5 cm³/mol. The Balaban J connectivity index is 2.33. The largest absolute Gasteiger partial charge is 0.569 e. The summed E-state index contributed by atoms with van der Waals surface area (Å²) in [4.78, 5) is 15.9. The molecule has 1 aliphatic rings. The molecule has 110 valence electrons. The number of carbonyl (C=O) groups excluding carboxylic acids is 1. The Labute approximate surface area is 110 Å². The van der Waals surface area contributed by atoms with Crippen LogP contribution in [0.1, 0.15) is 20.3 Å². The third-order valence-electron chi connectivity index (χ3n) is 2.55. The molecule has 19 heavy (non-hydrogen) atoms. The van der Waals surface area contributed by atoms with Gasteiger partial charge in [0.05, 0.1) is 24.7 Å². The Bertz CT molecular complexity index is 324. The van der Waals surface area contributed by atoms with E-state index in [2.05, 4.69) is 14.8 Å². The van der Waals surface area contributed by atoms with Crippen molar-refractivity contribution >= 4 is 6.16 Å². The fourth-order valence-corrected chi connectivity index (χ4v) is 1.58. The molecule has 0 bridgehead atoms. The summed E-state index contributed by atoms with van der Waals surface area (Å²) in [6.07, 6.45) is -1.18. The molecule has 2 atom stereocenters. The van der Waals surface area contributed by atoms with Gasteiger partial charge in [-0.3, -0.25) is 4.84 Å². The van der Waals surface area contributed by atoms with Crippen molar-refractivity contribution in [3.63, 3.8) is 0 Å². The molecule has 9 nitrogen and oxygen atoms in total. The van der Waals surface area contributed by atoms with Gasteiger partial charge in [0.2, 0.25) is 5.28 Å². The van der Waals surface area contributed by atoms with Crippen LogP contribution in [0.4, 0.5) is 4.79 Å². The summed E-state index contributed by atoms with van der Waals surface area (Å²) in [5, 5.41) is 25.1. The van der Waals surface area contributed by atoms with E-state index in [0.29, 0.717) is 18.1 Å². The van der Waals surface area contributed by atoms with E-state index < -0.39 is 12.4 Å². The second kappa shape index (κ2) is 7.62. The summed E-state index contributed by atoms with van der Waals surface area (Å²) in [5.74, 6) is 0.0693. The molecule has 1 aliphatic heterocycles. The predicted octanol–water partition coefficient (Wildman–Crippen LogP) is 0.629. The fraction of sp³-hybridized carbons (Fsp3) is 0.900. The van der Waals surface area contributed by atoms with Gasteiger partial charge in [-0.1, -0.05) is 0 Å². The summed E-state index contributed by atoms with van der Waals surface area (Å²) in [5.41, 5.74) is 0. The maximum atomic E-state index is 11.5. The molecular formula is C10H19N3O6. The van der Waals surface area contributed by atoms with Crippen LogP contribution in [0.3, 0.4) is 0 Å². The minimum atomic E-state index is -1.02. The van der Waals surface area contributed by atoms with E-state index in [1.54, 1.807) is 6.92 Å². The molecule has 2 unspecified atom stereocenters. The van der Waals surface area contributed by atoms with E-state index in [1.165, 1.54) is 11.9 Å². The number of aliphatic hydroxyl groups excluding tert-OH is 1. The van der Waals surface area contributed by atoms with Gasteiger partial charge in [-0.25, -0.2) is 4.79 Å². The molecule has 0 amide bonds. The number of carbonyl (C=O) groups is 1. The zero-order valence-electron chi connectivity index (χ0n) is 11.0. The number of nitrogens with zero attached hydrogens (tertiary/aromatic N) is 3. The summed E-state index contributed by atoms with van der Waals surface area (Å²) >= 11 is 0. The molecule has 0 aromatic rings. The third-order valence-corrected chi connectivity index (χ3v) is 2.55. The molecule has 0 saturated carbocycles. The number of hydrogen-bond donors (Lipinski definition) is 1. The minimum Gasteiger partial charge on any atom is -0.569 e. The molecule has 1 heterocycles. The van der Waals surface area contributed by atoms with E-state index in [0.717, 1.165) is 6.42 Å². The second-order valence-electron chi connectivity index (χ2n) is 4.06. The first kappa shape index (κ1) is 15.3. The van der Waals surface area contributed by atoms with Crippen LogP contribution in [-0.4, -0.2) is 53.8 Å². The molecule has 9 heteroatoms. The highest BCUT2D eigenvalue weighted by Crippen LogP contribution is 2.15. The molecular weight excluding hydrogens is 258 g/mol. The van der Waals surface area contributed by atoms with E-state index in [9.17, 15) is 10.0 Å². The van der Waals surface area contributed by atoms with Crippen LogP contribution in [0.25, 0.3) is 0 Å². The molecule has 1 N–H and O–H groups in total. The molecule has 0 aromatic heterocycles. The number of hydrogen-bond acceptors (Lipinski definition) is 7. The van der Waals surface area contributed by atoms with Gasteiger partial charge in [0, 0.05) is 19.4 Å². The van der Waals surface area contributed by atoms with Gasteiger partial charge >= 0.3 is 6.16 Å². The molecule has 1 rings (SSSR count). The van der Waals surface area contributed by atoms with Crippen molar-refractivity contribution in [2.24, 2.45) is 11.2 Å². The maximum absolute atomic E-state index is 11.5. The van der Waals surface area contributed by atoms with Gasteiger partial charge in [0.25, 0.3) is 6.29 Å². The summed E-state index contributed by atoms with van der Waals surface area (Å²) < 4.78 is 9.18. The highest BCUT2D eigenvalue weighted by atomic mass is 16.8. The van der Waals surface area contributed by atoms with Crippen molar-refractivity contribution in [2.45, 2.75) is 26.6 Å². The molecule has 1 fully saturated rings. The Morgan fingerprint density at radius 2 is 2.42 bits per heavy atom. The van der Waals surface area contributed by atoms with E-state index in [4.69, 9.17) is 9.94 Å². The lowest BCUT2D eigenvalue weighted by Crippen LogP contribution is -2.29. The van der Waals surface area contributed by atoms with Gasteiger partial charge in [-0.2, -0.15) is 0 Å². The summed E-state index contributed by atoms with van der Waals surface area (Å²) in [7, 11) is 0. The SMILES string of the molecule is CCOC(=O)OC(C)ON=[N+]([O-])N1CCC(CO)C1. The summed E-state index contributed by atoms with van der Waals surface area (Å²) in [6.45, 7) is 4.19. The second-order valence-corrected chi connectivity index (χ2v) is 4.06. The number of aliphatic hydroxyl groups is 1. The van der Waals surface area contributed by atoms with Gasteiger partial charge in [-0.15, -0.1) is 5.01 Å². The van der Waals surface area contributed by atoms with E-state index in [-0.39, 0.29) is 19.1 Å². The number of rotatable bonds is 6. The Morgan fingerprint density at radius 3 is 3.00 bits per heavy atom. The van der Waals surface area contributed by atoms with E-state index in [1.807, 2.05) is 0 Å². The number of hydrazine groups is 1. The lowest BCUT2D eigenvalue weighted by molar-refractivity contribution is -0.710. The van der Waals surface area contributed by atoms with Crippen LogP contribution in [0.15, 0.2) is 5.28 Å². The van der Waals surface area contributed by atoms with Crippen LogP contribution < -0.4 is 0 Å². The van der Waals surface area contributed by atoms with Crippen molar-refractivity contribution in [3.8, 4) is 0 Å². The van der Waals surface area contributed by atoms with E-state index >= 15 is 0 Å². The zero-order chi connectivity index (χ0) is 14.3. The smallest absolute Gasteiger partial charge is 0.511 e. The monoisotopic (exact) mass is 277 g/mol. The fourth-order valence-electron chi connectivity index (χ4n) is 1.58. The lowest BCUT2D eigenvalue weighted by Gasteiger charge is -2.13. The van der Waals surface area contributed by atoms with Crippen LogP contribution in [0.2, 0.25) is 0 Å². The van der Waals surface area contributed by atoms with Gasteiger partial charge in [0.1, 0.15) is 0 Å². The minimum absolute atomic E-state index is 0.0353. The first-order chi connectivity index (χ1) is 9.06. The quantitative estimate of drug-likeness (QED) is 0.249. The van der Waals surface area contributed by atoms with Crippen molar-refractivity contribution in [1.29, 1.82) is 0 Å². The third kappa shape index (κ3) is 5.16. The van der Waals surface area contributed by atoms with Crippen LogP contribution in [0, 0.1) is 11.1 Å². The standard InChI is InChI=1S/C10H19N3O6/c1-3-17-10(15)18-8(2)19-11-13(16)12-5-4-9(6-12)7-14/h8-9,14H,3-7H2,1-2H3. The molecule has 1 saturated heterocycles.